The average Bonchev–Trinajstić information content (AvgIpc) is 2.91. The Morgan fingerprint density at radius 1 is 1.32 bits per heavy atom. The maximum Gasteiger partial charge on any atom is 0.240 e. The standard InChI is InChI=1S/C13H20N2O2S2/c1-2-14-11-5-7-13(8-6-11)19(16,17)15-10-12-4-3-9-18-12/h5-8,12,14-15H,2-4,9-10H2,1H3. The third-order valence-corrected chi connectivity index (χ3v) is 5.91. The molecule has 1 unspecified atom stereocenters. The van der Waals surface area contributed by atoms with E-state index in [0.717, 1.165) is 24.4 Å². The minimum Gasteiger partial charge on any atom is -0.385 e. The van der Waals surface area contributed by atoms with Crippen molar-refractivity contribution in [1.29, 1.82) is 0 Å². The molecule has 0 aromatic heterocycles. The van der Waals surface area contributed by atoms with Gasteiger partial charge in [0.1, 0.15) is 0 Å². The molecule has 0 bridgehead atoms. The molecule has 106 valence electrons. The van der Waals surface area contributed by atoms with E-state index in [1.807, 2.05) is 18.7 Å². The zero-order chi connectivity index (χ0) is 13.7. The Bertz CT molecular complexity index is 494. The Morgan fingerprint density at radius 2 is 2.05 bits per heavy atom. The van der Waals surface area contributed by atoms with Crippen LogP contribution in [-0.2, 0) is 10.0 Å². The lowest BCUT2D eigenvalue weighted by Gasteiger charge is -2.11. The lowest BCUT2D eigenvalue weighted by atomic mass is 10.2. The summed E-state index contributed by atoms with van der Waals surface area (Å²) in [7, 11) is -3.37. The van der Waals surface area contributed by atoms with Crippen LogP contribution >= 0.6 is 11.8 Å². The van der Waals surface area contributed by atoms with Gasteiger partial charge < -0.3 is 5.32 Å². The second-order valence-corrected chi connectivity index (χ2v) is 7.72. The van der Waals surface area contributed by atoms with E-state index in [0.29, 0.717) is 16.7 Å². The van der Waals surface area contributed by atoms with Gasteiger partial charge in [-0.15, -0.1) is 0 Å². The number of anilines is 1. The third-order valence-electron chi connectivity index (χ3n) is 3.07. The van der Waals surface area contributed by atoms with Crippen molar-refractivity contribution in [3.63, 3.8) is 0 Å². The highest BCUT2D eigenvalue weighted by Crippen LogP contribution is 2.25. The minimum atomic E-state index is -3.37. The fraction of sp³-hybridized carbons (Fsp3) is 0.538. The molecule has 1 aliphatic rings. The zero-order valence-corrected chi connectivity index (χ0v) is 12.7. The van der Waals surface area contributed by atoms with Gasteiger partial charge in [0.05, 0.1) is 4.90 Å². The molecule has 2 rings (SSSR count). The summed E-state index contributed by atoms with van der Waals surface area (Å²) in [6, 6.07) is 6.87. The van der Waals surface area contributed by atoms with Crippen LogP contribution in [0.5, 0.6) is 0 Å². The van der Waals surface area contributed by atoms with Crippen LogP contribution in [0, 0.1) is 0 Å². The molecular formula is C13H20N2O2S2. The number of hydrogen-bond donors (Lipinski definition) is 2. The van der Waals surface area contributed by atoms with Gasteiger partial charge in [-0.2, -0.15) is 11.8 Å². The van der Waals surface area contributed by atoms with Gasteiger partial charge in [0.2, 0.25) is 10.0 Å². The highest BCUT2D eigenvalue weighted by Gasteiger charge is 2.19. The van der Waals surface area contributed by atoms with E-state index in [9.17, 15) is 8.42 Å². The van der Waals surface area contributed by atoms with E-state index in [4.69, 9.17) is 0 Å². The van der Waals surface area contributed by atoms with Crippen LogP contribution in [0.15, 0.2) is 29.2 Å². The molecule has 0 spiro atoms. The Hall–Kier alpha value is -0.720. The van der Waals surface area contributed by atoms with Crippen LogP contribution in [0.2, 0.25) is 0 Å². The largest absolute Gasteiger partial charge is 0.385 e. The van der Waals surface area contributed by atoms with Crippen molar-refractivity contribution < 1.29 is 8.42 Å². The van der Waals surface area contributed by atoms with Gasteiger partial charge in [-0.25, -0.2) is 13.1 Å². The van der Waals surface area contributed by atoms with Crippen molar-refractivity contribution in [2.24, 2.45) is 0 Å². The second-order valence-electron chi connectivity index (χ2n) is 4.54. The van der Waals surface area contributed by atoms with Crippen LogP contribution in [0.4, 0.5) is 5.69 Å². The molecule has 1 saturated heterocycles. The Kier molecular flexibility index (Phi) is 5.13. The molecule has 1 fully saturated rings. The summed E-state index contributed by atoms with van der Waals surface area (Å²) < 4.78 is 26.9. The first-order valence-electron chi connectivity index (χ1n) is 6.57. The number of rotatable bonds is 6. The zero-order valence-electron chi connectivity index (χ0n) is 11.1. The molecule has 0 radical (unpaired) electrons. The van der Waals surface area contributed by atoms with E-state index in [1.165, 1.54) is 6.42 Å². The van der Waals surface area contributed by atoms with Crippen molar-refractivity contribution in [3.8, 4) is 0 Å². The molecule has 4 nitrogen and oxygen atoms in total. The number of benzene rings is 1. The highest BCUT2D eigenvalue weighted by molar-refractivity contribution is 8.00. The fourth-order valence-corrected chi connectivity index (χ4v) is 4.44. The van der Waals surface area contributed by atoms with Crippen molar-refractivity contribution in [3.05, 3.63) is 24.3 Å². The van der Waals surface area contributed by atoms with Gasteiger partial charge >= 0.3 is 0 Å². The molecule has 1 aromatic rings. The summed E-state index contributed by atoms with van der Waals surface area (Å²) in [4.78, 5) is 0.331. The van der Waals surface area contributed by atoms with E-state index in [2.05, 4.69) is 10.0 Å². The summed E-state index contributed by atoms with van der Waals surface area (Å²) in [5, 5.41) is 3.57. The molecule has 1 atom stereocenters. The number of hydrogen-bond acceptors (Lipinski definition) is 4. The van der Waals surface area contributed by atoms with Crippen LogP contribution in [0.3, 0.4) is 0 Å². The molecule has 1 aliphatic heterocycles. The maximum absolute atomic E-state index is 12.1. The molecule has 0 amide bonds. The predicted molar refractivity (Wildman–Crippen MR) is 81.3 cm³/mol. The quantitative estimate of drug-likeness (QED) is 0.846. The van der Waals surface area contributed by atoms with E-state index >= 15 is 0 Å². The van der Waals surface area contributed by atoms with Crippen LogP contribution in [0.25, 0.3) is 0 Å². The molecule has 19 heavy (non-hydrogen) atoms. The highest BCUT2D eigenvalue weighted by atomic mass is 32.2. The SMILES string of the molecule is CCNc1ccc(S(=O)(=O)NCC2CCCS2)cc1. The first-order valence-corrected chi connectivity index (χ1v) is 9.10. The molecular weight excluding hydrogens is 280 g/mol. The Morgan fingerprint density at radius 3 is 2.63 bits per heavy atom. The van der Waals surface area contributed by atoms with Crippen molar-refractivity contribution in [1.82, 2.24) is 4.72 Å². The van der Waals surface area contributed by atoms with E-state index in [-0.39, 0.29) is 0 Å². The molecule has 2 N–H and O–H groups in total. The molecule has 1 heterocycles. The Balaban J connectivity index is 1.97. The molecule has 0 aliphatic carbocycles. The molecule has 6 heteroatoms. The van der Waals surface area contributed by atoms with Crippen molar-refractivity contribution in [2.45, 2.75) is 29.9 Å². The normalized spacial score (nSPS) is 19.5. The van der Waals surface area contributed by atoms with Gasteiger partial charge in [-0.3, -0.25) is 0 Å². The summed E-state index contributed by atoms with van der Waals surface area (Å²) in [5.41, 5.74) is 0.938. The number of nitrogens with one attached hydrogen (secondary N) is 2. The fourth-order valence-electron chi connectivity index (χ4n) is 2.05. The van der Waals surface area contributed by atoms with Crippen molar-refractivity contribution >= 4 is 27.5 Å². The third kappa shape index (κ3) is 4.12. The predicted octanol–water partition coefficient (Wildman–Crippen LogP) is 2.29. The topological polar surface area (TPSA) is 58.2 Å². The monoisotopic (exact) mass is 300 g/mol. The molecule has 0 saturated carbocycles. The lowest BCUT2D eigenvalue weighted by molar-refractivity contribution is 0.579. The first kappa shape index (κ1) is 14.7. The van der Waals surface area contributed by atoms with E-state index < -0.39 is 10.0 Å². The number of thioether (sulfide) groups is 1. The minimum absolute atomic E-state index is 0.331. The lowest BCUT2D eigenvalue weighted by Crippen LogP contribution is -2.29. The maximum atomic E-state index is 12.1. The summed E-state index contributed by atoms with van der Waals surface area (Å²) in [6.45, 7) is 3.36. The van der Waals surface area contributed by atoms with Gasteiger partial charge in [0, 0.05) is 24.0 Å². The van der Waals surface area contributed by atoms with Gasteiger partial charge in [0.15, 0.2) is 0 Å². The smallest absolute Gasteiger partial charge is 0.240 e. The van der Waals surface area contributed by atoms with Gasteiger partial charge in [-0.1, -0.05) is 0 Å². The average molecular weight is 300 g/mol. The van der Waals surface area contributed by atoms with E-state index in [1.54, 1.807) is 24.3 Å². The molecule has 1 aromatic carbocycles. The van der Waals surface area contributed by atoms with Gasteiger partial charge in [0.25, 0.3) is 0 Å². The Labute approximate surface area is 119 Å². The first-order chi connectivity index (χ1) is 9.12. The summed E-state index contributed by atoms with van der Waals surface area (Å²) >= 11 is 1.85. The van der Waals surface area contributed by atoms with Gasteiger partial charge in [-0.05, 0) is 49.8 Å². The van der Waals surface area contributed by atoms with Crippen LogP contribution in [0.1, 0.15) is 19.8 Å². The van der Waals surface area contributed by atoms with Crippen LogP contribution in [-0.4, -0.2) is 32.5 Å². The van der Waals surface area contributed by atoms with Crippen molar-refractivity contribution in [2.75, 3.05) is 24.2 Å². The van der Waals surface area contributed by atoms with Crippen LogP contribution < -0.4 is 10.0 Å². The summed E-state index contributed by atoms with van der Waals surface area (Å²) in [6.07, 6.45) is 2.29. The second kappa shape index (κ2) is 6.63. The number of sulfonamides is 1. The summed E-state index contributed by atoms with van der Waals surface area (Å²) in [5.74, 6) is 1.14.